The first-order chi connectivity index (χ1) is 8.53. The Hall–Kier alpha value is -1.11. The van der Waals surface area contributed by atoms with Crippen molar-refractivity contribution in [2.75, 3.05) is 17.0 Å². The maximum absolute atomic E-state index is 11.7. The van der Waals surface area contributed by atoms with Gasteiger partial charge in [0.1, 0.15) is 0 Å². The molecule has 0 radical (unpaired) electrons. The highest BCUT2D eigenvalue weighted by Crippen LogP contribution is 2.30. The van der Waals surface area contributed by atoms with Crippen molar-refractivity contribution in [2.45, 2.75) is 0 Å². The number of halogens is 1. The molecule has 2 aromatic rings. The van der Waals surface area contributed by atoms with Gasteiger partial charge in [0.15, 0.2) is 0 Å². The van der Waals surface area contributed by atoms with Crippen molar-refractivity contribution in [1.82, 2.24) is 0 Å². The number of hydrogen-bond acceptors (Lipinski definition) is 3. The average Bonchev–Trinajstić information content (AvgIpc) is 2.33. The molecular weight excluding hydrogens is 316 g/mol. The molecule has 96 valence electrons. The molecule has 4 nitrogen and oxygen atoms in total. The van der Waals surface area contributed by atoms with Gasteiger partial charge in [-0.25, -0.2) is 8.42 Å². The Kier molecular flexibility index (Phi) is 3.89. The van der Waals surface area contributed by atoms with Crippen LogP contribution >= 0.6 is 15.9 Å². The van der Waals surface area contributed by atoms with Crippen LogP contribution in [0.1, 0.15) is 0 Å². The van der Waals surface area contributed by atoms with Crippen molar-refractivity contribution < 1.29 is 8.42 Å². The van der Waals surface area contributed by atoms with E-state index >= 15 is 0 Å². The Morgan fingerprint density at radius 1 is 1.11 bits per heavy atom. The van der Waals surface area contributed by atoms with Crippen LogP contribution in [0, 0.1) is 0 Å². The molecule has 0 aromatic heterocycles. The summed E-state index contributed by atoms with van der Waals surface area (Å²) in [4.78, 5) is 0. The smallest absolute Gasteiger partial charge is 0.233 e. The minimum absolute atomic E-state index is 0.0859. The Morgan fingerprint density at radius 3 is 2.44 bits per heavy atom. The lowest BCUT2D eigenvalue weighted by molar-refractivity contribution is 0.601. The maximum Gasteiger partial charge on any atom is 0.233 e. The SMILES string of the molecule is NCCS(=O)(=O)Nc1ccc(Br)c2ccccc12. The van der Waals surface area contributed by atoms with Gasteiger partial charge in [-0.2, -0.15) is 0 Å². The zero-order chi connectivity index (χ0) is 13.2. The van der Waals surface area contributed by atoms with Crippen molar-refractivity contribution in [1.29, 1.82) is 0 Å². The van der Waals surface area contributed by atoms with Gasteiger partial charge < -0.3 is 5.73 Å². The van der Waals surface area contributed by atoms with E-state index < -0.39 is 10.0 Å². The molecule has 6 heteroatoms. The molecule has 0 bridgehead atoms. The summed E-state index contributed by atoms with van der Waals surface area (Å²) in [6.07, 6.45) is 0. The lowest BCUT2D eigenvalue weighted by atomic mass is 10.1. The van der Waals surface area contributed by atoms with E-state index in [0.717, 1.165) is 15.2 Å². The number of sulfonamides is 1. The Balaban J connectivity index is 2.50. The molecular formula is C12H13BrN2O2S. The van der Waals surface area contributed by atoms with Crippen molar-refractivity contribution in [3.63, 3.8) is 0 Å². The van der Waals surface area contributed by atoms with Crippen LogP contribution in [0.3, 0.4) is 0 Å². The number of benzene rings is 2. The first kappa shape index (κ1) is 13.3. The van der Waals surface area contributed by atoms with Gasteiger partial charge in [-0.1, -0.05) is 40.2 Å². The van der Waals surface area contributed by atoms with Crippen LogP contribution < -0.4 is 10.5 Å². The van der Waals surface area contributed by atoms with E-state index in [9.17, 15) is 8.42 Å². The summed E-state index contributed by atoms with van der Waals surface area (Å²) in [6.45, 7) is 0.101. The fourth-order valence-corrected chi connectivity index (χ4v) is 3.13. The first-order valence-corrected chi connectivity index (χ1v) is 7.86. The second-order valence-corrected chi connectivity index (χ2v) is 6.55. The van der Waals surface area contributed by atoms with Gasteiger partial charge in [0.05, 0.1) is 11.4 Å². The molecule has 2 rings (SSSR count). The van der Waals surface area contributed by atoms with Gasteiger partial charge in [0, 0.05) is 16.4 Å². The van der Waals surface area contributed by atoms with Crippen molar-refractivity contribution >= 4 is 42.4 Å². The average molecular weight is 329 g/mol. The van der Waals surface area contributed by atoms with Gasteiger partial charge in [0.2, 0.25) is 10.0 Å². The summed E-state index contributed by atoms with van der Waals surface area (Å²) >= 11 is 3.44. The highest BCUT2D eigenvalue weighted by molar-refractivity contribution is 9.10. The van der Waals surface area contributed by atoms with E-state index in [1.54, 1.807) is 6.07 Å². The minimum Gasteiger partial charge on any atom is -0.329 e. The summed E-state index contributed by atoms with van der Waals surface area (Å²) in [5, 5.41) is 1.82. The summed E-state index contributed by atoms with van der Waals surface area (Å²) in [5.41, 5.74) is 5.85. The molecule has 3 N–H and O–H groups in total. The van der Waals surface area contributed by atoms with Gasteiger partial charge in [0.25, 0.3) is 0 Å². The lowest BCUT2D eigenvalue weighted by Crippen LogP contribution is -2.22. The van der Waals surface area contributed by atoms with E-state index in [1.165, 1.54) is 0 Å². The van der Waals surface area contributed by atoms with E-state index in [4.69, 9.17) is 5.73 Å². The van der Waals surface area contributed by atoms with Crippen LogP contribution in [0.4, 0.5) is 5.69 Å². The second-order valence-electron chi connectivity index (χ2n) is 3.85. The molecule has 0 heterocycles. The number of hydrogen-bond donors (Lipinski definition) is 2. The van der Waals surface area contributed by atoms with Gasteiger partial charge in [-0.3, -0.25) is 4.72 Å². The number of nitrogens with one attached hydrogen (secondary N) is 1. The lowest BCUT2D eigenvalue weighted by Gasteiger charge is -2.11. The third-order valence-electron chi connectivity index (χ3n) is 2.52. The normalized spacial score (nSPS) is 11.7. The Labute approximate surface area is 114 Å². The number of fused-ring (bicyclic) bond motifs is 1. The minimum atomic E-state index is -3.38. The number of nitrogens with two attached hydrogens (primary N) is 1. The molecule has 0 spiro atoms. The molecule has 0 saturated heterocycles. The molecule has 0 amide bonds. The van der Waals surface area contributed by atoms with E-state index in [-0.39, 0.29) is 12.3 Å². The Bertz CT molecular complexity index is 671. The topological polar surface area (TPSA) is 72.2 Å². The van der Waals surface area contributed by atoms with Crippen LogP contribution in [-0.4, -0.2) is 20.7 Å². The standard InChI is InChI=1S/C12H13BrN2O2S/c13-11-5-6-12(15-18(16,17)8-7-14)10-4-2-1-3-9(10)11/h1-6,15H,7-8,14H2. The zero-order valence-corrected chi connectivity index (χ0v) is 12.0. The largest absolute Gasteiger partial charge is 0.329 e. The van der Waals surface area contributed by atoms with Crippen LogP contribution in [0.25, 0.3) is 10.8 Å². The summed E-state index contributed by atoms with van der Waals surface area (Å²) in [6, 6.07) is 11.1. The van der Waals surface area contributed by atoms with Crippen molar-refractivity contribution in [3.8, 4) is 0 Å². The zero-order valence-electron chi connectivity index (χ0n) is 9.56. The van der Waals surface area contributed by atoms with Crippen LogP contribution in [-0.2, 0) is 10.0 Å². The molecule has 0 aliphatic carbocycles. The highest BCUT2D eigenvalue weighted by atomic mass is 79.9. The third kappa shape index (κ3) is 2.82. The maximum atomic E-state index is 11.7. The number of anilines is 1. The fourth-order valence-electron chi connectivity index (χ4n) is 1.73. The summed E-state index contributed by atoms with van der Waals surface area (Å²) < 4.78 is 26.9. The van der Waals surface area contributed by atoms with Crippen molar-refractivity contribution in [2.24, 2.45) is 5.73 Å². The third-order valence-corrected chi connectivity index (χ3v) is 4.52. The monoisotopic (exact) mass is 328 g/mol. The van der Waals surface area contributed by atoms with Gasteiger partial charge in [-0.05, 0) is 17.5 Å². The predicted molar refractivity (Wildman–Crippen MR) is 78.1 cm³/mol. The second kappa shape index (κ2) is 5.26. The van der Waals surface area contributed by atoms with E-state index in [0.29, 0.717) is 5.69 Å². The Morgan fingerprint density at radius 2 is 1.78 bits per heavy atom. The molecule has 18 heavy (non-hydrogen) atoms. The molecule has 0 aliphatic rings. The van der Waals surface area contributed by atoms with Crippen LogP contribution in [0.2, 0.25) is 0 Å². The number of rotatable bonds is 4. The van der Waals surface area contributed by atoms with E-state index in [2.05, 4.69) is 20.7 Å². The van der Waals surface area contributed by atoms with E-state index in [1.807, 2.05) is 30.3 Å². The molecule has 0 aliphatic heterocycles. The van der Waals surface area contributed by atoms with Gasteiger partial charge >= 0.3 is 0 Å². The highest BCUT2D eigenvalue weighted by Gasteiger charge is 2.11. The fraction of sp³-hybridized carbons (Fsp3) is 0.167. The van der Waals surface area contributed by atoms with Crippen LogP contribution in [0.15, 0.2) is 40.9 Å². The first-order valence-electron chi connectivity index (χ1n) is 5.41. The molecule has 0 saturated carbocycles. The molecule has 0 atom stereocenters. The predicted octanol–water partition coefficient (Wildman–Crippen LogP) is 2.30. The molecule has 2 aromatic carbocycles. The molecule has 0 fully saturated rings. The quantitative estimate of drug-likeness (QED) is 0.904. The molecule has 0 unspecified atom stereocenters. The van der Waals surface area contributed by atoms with Crippen LogP contribution in [0.5, 0.6) is 0 Å². The summed E-state index contributed by atoms with van der Waals surface area (Å²) in [7, 11) is -3.38. The van der Waals surface area contributed by atoms with Crippen molar-refractivity contribution in [3.05, 3.63) is 40.9 Å². The summed E-state index contributed by atoms with van der Waals surface area (Å²) in [5.74, 6) is -0.0859. The van der Waals surface area contributed by atoms with Gasteiger partial charge in [-0.15, -0.1) is 0 Å².